The Morgan fingerprint density at radius 1 is 1.22 bits per heavy atom. The number of aromatic nitrogens is 2. The van der Waals surface area contributed by atoms with Crippen molar-refractivity contribution >= 4 is 25.8 Å². The molecule has 1 atom stereocenters. The van der Waals surface area contributed by atoms with E-state index in [-0.39, 0.29) is 29.3 Å². The molecule has 0 aliphatic carbocycles. The van der Waals surface area contributed by atoms with Gasteiger partial charge in [-0.25, -0.2) is 14.4 Å². The maximum Gasteiger partial charge on any atom is 0.225 e. The maximum atomic E-state index is 15.3. The molecule has 37 heavy (non-hydrogen) atoms. The van der Waals surface area contributed by atoms with Gasteiger partial charge >= 0.3 is 0 Å². The second kappa shape index (κ2) is 12.2. The van der Waals surface area contributed by atoms with E-state index in [9.17, 15) is 4.79 Å². The van der Waals surface area contributed by atoms with Crippen LogP contribution in [0.5, 0.6) is 0 Å². The van der Waals surface area contributed by atoms with Crippen molar-refractivity contribution in [1.29, 1.82) is 0 Å². The number of oxime groups is 1. The molecular weight excluding hydrogens is 491 g/mol. The zero-order chi connectivity index (χ0) is 27.2. The zero-order valence-corrected chi connectivity index (χ0v) is 24.0. The van der Waals surface area contributed by atoms with E-state index in [4.69, 9.17) is 14.0 Å². The minimum Gasteiger partial charge on any atom is -0.412 e. The predicted octanol–water partition coefficient (Wildman–Crippen LogP) is 5.38. The fraction of sp³-hybridized carbons (Fsp3) is 0.556. The standard InChI is InChI=1S/C27H39FN4O4Si/c1-19(33)11-12-23(34-5)18-35-31-22-15-32(16-22)26-29-13-21(14-30-26)24-10-8-9-20(25(24)28)17-36-37(6,7)27(2,3)4/h8-10,13-14,23H,11-12,15-18H2,1-7H3. The van der Waals surface area contributed by atoms with Gasteiger partial charge < -0.3 is 23.7 Å². The van der Waals surface area contributed by atoms with Crippen LogP contribution in [0.25, 0.3) is 11.1 Å². The minimum atomic E-state index is -1.99. The monoisotopic (exact) mass is 530 g/mol. The van der Waals surface area contributed by atoms with E-state index in [0.29, 0.717) is 55.2 Å². The summed E-state index contributed by atoms with van der Waals surface area (Å²) in [7, 11) is -0.393. The first-order valence-electron chi connectivity index (χ1n) is 12.6. The summed E-state index contributed by atoms with van der Waals surface area (Å²) in [5.41, 5.74) is 2.48. The second-order valence-corrected chi connectivity index (χ2v) is 15.8. The van der Waals surface area contributed by atoms with Gasteiger partial charge in [0, 0.05) is 42.6 Å². The van der Waals surface area contributed by atoms with Crippen LogP contribution in [0, 0.1) is 5.82 Å². The van der Waals surface area contributed by atoms with Crippen molar-refractivity contribution in [3.8, 4) is 11.1 Å². The molecule has 202 valence electrons. The normalized spacial score (nSPS) is 14.8. The number of ketones is 1. The number of methoxy groups -OCH3 is 1. The quantitative estimate of drug-likeness (QED) is 0.269. The number of carbonyl (C=O) groups is 1. The molecule has 8 nitrogen and oxygen atoms in total. The van der Waals surface area contributed by atoms with E-state index in [0.717, 1.165) is 5.71 Å². The van der Waals surface area contributed by atoms with E-state index in [1.807, 2.05) is 11.0 Å². The number of nitrogens with zero attached hydrogens (tertiary/aromatic N) is 4. The van der Waals surface area contributed by atoms with Crippen LogP contribution in [0.15, 0.2) is 35.7 Å². The summed E-state index contributed by atoms with van der Waals surface area (Å²) < 4.78 is 26.9. The Balaban J connectivity index is 1.56. The summed E-state index contributed by atoms with van der Waals surface area (Å²) in [6, 6.07) is 5.34. The minimum absolute atomic E-state index is 0.0565. The number of hydrogen-bond acceptors (Lipinski definition) is 8. The Kier molecular flexibility index (Phi) is 9.55. The lowest BCUT2D eigenvalue weighted by Gasteiger charge is -2.36. The van der Waals surface area contributed by atoms with Crippen LogP contribution in [-0.4, -0.2) is 62.7 Å². The molecule has 10 heteroatoms. The first-order chi connectivity index (χ1) is 17.4. The third-order valence-electron chi connectivity index (χ3n) is 7.06. The molecule has 0 radical (unpaired) electrons. The number of hydrogen-bond donors (Lipinski definition) is 0. The largest absolute Gasteiger partial charge is 0.412 e. The molecule has 2 aromatic rings. The summed E-state index contributed by atoms with van der Waals surface area (Å²) in [6.07, 6.45) is 4.18. The number of Topliss-reactive ketones (excluding diaryl/α,β-unsaturated/α-hetero) is 1. The third kappa shape index (κ3) is 7.65. The van der Waals surface area contributed by atoms with Crippen LogP contribution in [0.2, 0.25) is 18.1 Å². The van der Waals surface area contributed by atoms with Gasteiger partial charge in [0.1, 0.15) is 18.2 Å². The van der Waals surface area contributed by atoms with Crippen molar-refractivity contribution in [2.75, 3.05) is 31.7 Å². The molecule has 1 aliphatic rings. The molecule has 0 N–H and O–H groups in total. The van der Waals surface area contributed by atoms with E-state index < -0.39 is 8.32 Å². The first kappa shape index (κ1) is 28.9. The Bertz CT molecular complexity index is 1090. The number of carbonyl (C=O) groups excluding carboxylic acids is 1. The van der Waals surface area contributed by atoms with Gasteiger partial charge in [-0.3, -0.25) is 0 Å². The smallest absolute Gasteiger partial charge is 0.225 e. The summed E-state index contributed by atoms with van der Waals surface area (Å²) in [5, 5.41) is 4.21. The summed E-state index contributed by atoms with van der Waals surface area (Å²) in [6.45, 7) is 14.0. The van der Waals surface area contributed by atoms with Crippen molar-refractivity contribution in [1.82, 2.24) is 9.97 Å². The fourth-order valence-electron chi connectivity index (χ4n) is 3.45. The van der Waals surface area contributed by atoms with Crippen LogP contribution in [0.4, 0.5) is 10.3 Å². The molecular formula is C27H39FN4O4Si. The number of ether oxygens (including phenoxy) is 1. The molecule has 1 aromatic heterocycles. The van der Waals surface area contributed by atoms with Gasteiger partial charge in [0.25, 0.3) is 0 Å². The van der Waals surface area contributed by atoms with Gasteiger partial charge in [-0.2, -0.15) is 0 Å². The highest BCUT2D eigenvalue weighted by Gasteiger charge is 2.37. The molecule has 1 unspecified atom stereocenters. The average Bonchev–Trinajstić information content (AvgIpc) is 2.81. The van der Waals surface area contributed by atoms with Crippen LogP contribution < -0.4 is 4.90 Å². The highest BCUT2D eigenvalue weighted by molar-refractivity contribution is 6.74. The topological polar surface area (TPSA) is 86.1 Å². The number of anilines is 1. The van der Waals surface area contributed by atoms with Gasteiger partial charge in [0.2, 0.25) is 5.95 Å². The molecule has 0 amide bonds. The van der Waals surface area contributed by atoms with Crippen LogP contribution in [0.3, 0.4) is 0 Å². The highest BCUT2D eigenvalue weighted by atomic mass is 28.4. The third-order valence-corrected chi connectivity index (χ3v) is 11.5. The Hall–Kier alpha value is -2.69. The summed E-state index contributed by atoms with van der Waals surface area (Å²) in [5.74, 6) is 0.377. The van der Waals surface area contributed by atoms with Gasteiger partial charge in [0.05, 0.1) is 31.5 Å². The Labute approximate surface area is 220 Å². The average molecular weight is 531 g/mol. The lowest BCUT2D eigenvalue weighted by atomic mass is 10.1. The first-order valence-corrected chi connectivity index (χ1v) is 15.5. The molecule has 1 aromatic carbocycles. The number of rotatable bonds is 12. The lowest BCUT2D eigenvalue weighted by Crippen LogP contribution is -2.48. The van der Waals surface area contributed by atoms with Crippen LogP contribution in [0.1, 0.15) is 46.1 Å². The lowest BCUT2D eigenvalue weighted by molar-refractivity contribution is -0.117. The van der Waals surface area contributed by atoms with Gasteiger partial charge in [0.15, 0.2) is 8.32 Å². The molecule has 0 saturated carbocycles. The number of halogens is 1. The maximum absolute atomic E-state index is 15.3. The van der Waals surface area contributed by atoms with Crippen molar-refractivity contribution < 1.29 is 23.2 Å². The van der Waals surface area contributed by atoms with E-state index in [1.54, 1.807) is 38.6 Å². The van der Waals surface area contributed by atoms with Crippen molar-refractivity contribution in [2.24, 2.45) is 5.16 Å². The van der Waals surface area contributed by atoms with Gasteiger partial charge in [-0.1, -0.05) is 44.1 Å². The molecule has 1 saturated heterocycles. The number of benzene rings is 1. The molecule has 3 rings (SSSR count). The highest BCUT2D eigenvalue weighted by Crippen LogP contribution is 2.37. The summed E-state index contributed by atoms with van der Waals surface area (Å²) in [4.78, 5) is 27.4. The van der Waals surface area contributed by atoms with E-state index in [1.165, 1.54) is 0 Å². The molecule has 0 spiro atoms. The Morgan fingerprint density at radius 2 is 1.89 bits per heavy atom. The van der Waals surface area contributed by atoms with Crippen LogP contribution in [-0.2, 0) is 25.4 Å². The molecule has 1 fully saturated rings. The zero-order valence-electron chi connectivity index (χ0n) is 23.0. The van der Waals surface area contributed by atoms with Crippen LogP contribution >= 0.6 is 0 Å². The van der Waals surface area contributed by atoms with Crippen molar-refractivity contribution in [2.45, 2.75) is 71.4 Å². The molecule has 2 heterocycles. The Morgan fingerprint density at radius 3 is 2.49 bits per heavy atom. The van der Waals surface area contributed by atoms with E-state index in [2.05, 4.69) is 49.0 Å². The predicted molar refractivity (Wildman–Crippen MR) is 146 cm³/mol. The van der Waals surface area contributed by atoms with E-state index >= 15 is 4.39 Å². The van der Waals surface area contributed by atoms with Gasteiger partial charge in [-0.05, 0) is 31.5 Å². The fourth-order valence-corrected chi connectivity index (χ4v) is 4.40. The molecule has 1 aliphatic heterocycles. The van der Waals surface area contributed by atoms with Crippen molar-refractivity contribution in [3.63, 3.8) is 0 Å². The molecule has 0 bridgehead atoms. The SMILES string of the molecule is COC(CCC(C)=O)CON=C1CN(c2ncc(-c3cccc(CO[Si](C)(C)C(C)(C)C)c3F)cn2)C1. The van der Waals surface area contributed by atoms with Gasteiger partial charge in [-0.15, -0.1) is 0 Å². The second-order valence-electron chi connectivity index (χ2n) is 11.0. The summed E-state index contributed by atoms with van der Waals surface area (Å²) >= 11 is 0. The van der Waals surface area contributed by atoms with Crippen molar-refractivity contribution in [3.05, 3.63) is 42.0 Å².